The van der Waals surface area contributed by atoms with E-state index in [9.17, 15) is 9.18 Å². The van der Waals surface area contributed by atoms with Crippen LogP contribution in [0, 0.1) is 11.2 Å². The average Bonchev–Trinajstić information content (AvgIpc) is 2.84. The van der Waals surface area contributed by atoms with Crippen LogP contribution in [0.4, 0.5) is 16.0 Å². The van der Waals surface area contributed by atoms with Crippen molar-refractivity contribution in [2.75, 3.05) is 24.1 Å². The molecule has 0 unspecified atom stereocenters. The number of hydrogen-bond acceptors (Lipinski definition) is 8. The number of halogens is 1. The zero-order valence-electron chi connectivity index (χ0n) is 18.4. The maximum absolute atomic E-state index is 15.0. The number of pyridine rings is 1. The Kier molecular flexibility index (Phi) is 6.77. The first-order chi connectivity index (χ1) is 16.5. The number of benzene rings is 1. The Labute approximate surface area is 196 Å². The molecule has 4 N–H and O–H groups in total. The minimum absolute atomic E-state index is 0.0290. The predicted molar refractivity (Wildman–Crippen MR) is 127 cm³/mol. The van der Waals surface area contributed by atoms with Crippen LogP contribution in [0.2, 0.25) is 0 Å². The molecule has 1 saturated heterocycles. The SMILES string of the molecule is C=CC(=O)N1CCC[C@@H](Nc2ncnc(N)c2C(=N)c2cnc(Oc3ccccc3)cc2F)C1. The number of ether oxygens (including phenoxy) is 1. The molecule has 174 valence electrons. The fourth-order valence-electron chi connectivity index (χ4n) is 3.77. The molecule has 0 spiro atoms. The molecule has 1 aliphatic heterocycles. The summed E-state index contributed by atoms with van der Waals surface area (Å²) in [5, 5.41) is 11.9. The van der Waals surface area contributed by atoms with Gasteiger partial charge in [-0.25, -0.2) is 19.3 Å². The summed E-state index contributed by atoms with van der Waals surface area (Å²) in [6.07, 6.45) is 5.37. The quantitative estimate of drug-likeness (QED) is 0.363. The fraction of sp³-hybridized carbons (Fsp3) is 0.208. The second-order valence-electron chi connectivity index (χ2n) is 7.75. The van der Waals surface area contributed by atoms with Crippen LogP contribution in [0.25, 0.3) is 0 Å². The van der Waals surface area contributed by atoms with E-state index in [1.165, 1.54) is 18.6 Å². The molecule has 1 aliphatic rings. The Morgan fingerprint density at radius 2 is 2.09 bits per heavy atom. The number of rotatable bonds is 7. The summed E-state index contributed by atoms with van der Waals surface area (Å²) in [4.78, 5) is 26.0. The van der Waals surface area contributed by atoms with Gasteiger partial charge >= 0.3 is 0 Å². The smallest absolute Gasteiger partial charge is 0.246 e. The molecule has 1 atom stereocenters. The van der Waals surface area contributed by atoms with Crippen LogP contribution in [0.3, 0.4) is 0 Å². The van der Waals surface area contributed by atoms with Crippen molar-refractivity contribution in [3.05, 3.63) is 78.5 Å². The van der Waals surface area contributed by atoms with E-state index in [2.05, 4.69) is 26.8 Å². The van der Waals surface area contributed by atoms with Crippen LogP contribution in [-0.4, -0.2) is 50.6 Å². The number of aromatic nitrogens is 3. The molecule has 4 rings (SSSR count). The summed E-state index contributed by atoms with van der Waals surface area (Å²) in [5.74, 6) is 0.0554. The number of piperidine rings is 1. The van der Waals surface area contributed by atoms with E-state index in [1.807, 2.05) is 6.07 Å². The van der Waals surface area contributed by atoms with Gasteiger partial charge in [0.2, 0.25) is 11.8 Å². The van der Waals surface area contributed by atoms with E-state index in [-0.39, 0.29) is 40.5 Å². The highest BCUT2D eigenvalue weighted by atomic mass is 19.1. The van der Waals surface area contributed by atoms with Crippen LogP contribution in [0.5, 0.6) is 11.6 Å². The third kappa shape index (κ3) is 5.01. The minimum atomic E-state index is -0.694. The van der Waals surface area contributed by atoms with Gasteiger partial charge in [-0.2, -0.15) is 0 Å². The van der Waals surface area contributed by atoms with E-state index in [0.29, 0.717) is 24.7 Å². The predicted octanol–water partition coefficient (Wildman–Crippen LogP) is 3.39. The van der Waals surface area contributed by atoms with Gasteiger partial charge in [0.15, 0.2) is 0 Å². The Morgan fingerprint density at radius 1 is 1.29 bits per heavy atom. The van der Waals surface area contributed by atoms with Gasteiger partial charge in [0.05, 0.1) is 16.8 Å². The first-order valence-corrected chi connectivity index (χ1v) is 10.7. The van der Waals surface area contributed by atoms with Gasteiger partial charge in [0.25, 0.3) is 0 Å². The first-order valence-electron chi connectivity index (χ1n) is 10.7. The summed E-state index contributed by atoms with van der Waals surface area (Å²) < 4.78 is 20.5. The number of anilines is 2. The van der Waals surface area contributed by atoms with Gasteiger partial charge < -0.3 is 20.7 Å². The second-order valence-corrected chi connectivity index (χ2v) is 7.75. The van der Waals surface area contributed by atoms with Crippen molar-refractivity contribution in [1.29, 1.82) is 5.41 Å². The van der Waals surface area contributed by atoms with Crippen molar-refractivity contribution in [1.82, 2.24) is 19.9 Å². The standard InChI is InChI=1S/C24H24FN7O2/c1-2-20(33)32-10-6-7-15(13-32)31-24-21(23(27)29-14-30-24)22(26)17-12-28-19(11-18(17)25)34-16-8-4-3-5-9-16/h2-5,8-9,11-12,14-15,26H,1,6-7,10,13H2,(H3,27,29,30,31)/t15-/m1/s1. The molecule has 0 saturated carbocycles. The van der Waals surface area contributed by atoms with E-state index < -0.39 is 5.82 Å². The molecule has 0 aliphatic carbocycles. The zero-order valence-corrected chi connectivity index (χ0v) is 18.4. The van der Waals surface area contributed by atoms with Gasteiger partial charge in [-0.3, -0.25) is 10.2 Å². The lowest BCUT2D eigenvalue weighted by atomic mass is 10.0. The molecule has 1 aromatic carbocycles. The fourth-order valence-corrected chi connectivity index (χ4v) is 3.77. The van der Waals surface area contributed by atoms with Crippen molar-refractivity contribution in [2.24, 2.45) is 0 Å². The highest BCUT2D eigenvalue weighted by Crippen LogP contribution is 2.27. The van der Waals surface area contributed by atoms with E-state index in [4.69, 9.17) is 15.9 Å². The molecule has 3 heterocycles. The molecule has 3 aromatic rings. The largest absolute Gasteiger partial charge is 0.439 e. The normalized spacial score (nSPS) is 15.4. The summed E-state index contributed by atoms with van der Waals surface area (Å²) >= 11 is 0. The zero-order chi connectivity index (χ0) is 24.1. The molecule has 2 aromatic heterocycles. The number of likely N-dealkylation sites (tertiary alicyclic amines) is 1. The number of nitrogens with two attached hydrogens (primary N) is 1. The van der Waals surface area contributed by atoms with Crippen LogP contribution < -0.4 is 15.8 Å². The van der Waals surface area contributed by atoms with E-state index >= 15 is 0 Å². The number of carbonyl (C=O) groups is 1. The van der Waals surface area contributed by atoms with Gasteiger partial charge in [-0.15, -0.1) is 0 Å². The average molecular weight is 462 g/mol. The van der Waals surface area contributed by atoms with Crippen molar-refractivity contribution in [3.63, 3.8) is 0 Å². The van der Waals surface area contributed by atoms with Crippen molar-refractivity contribution < 1.29 is 13.9 Å². The van der Waals surface area contributed by atoms with Gasteiger partial charge in [0, 0.05) is 31.4 Å². The third-order valence-corrected chi connectivity index (χ3v) is 5.44. The topological polar surface area (TPSA) is 130 Å². The monoisotopic (exact) mass is 461 g/mol. The van der Waals surface area contributed by atoms with Crippen molar-refractivity contribution in [2.45, 2.75) is 18.9 Å². The maximum atomic E-state index is 15.0. The number of nitrogen functional groups attached to an aromatic ring is 1. The van der Waals surface area contributed by atoms with Gasteiger partial charge in [-0.05, 0) is 31.1 Å². The molecule has 0 radical (unpaired) electrons. The van der Waals surface area contributed by atoms with Crippen LogP contribution >= 0.6 is 0 Å². The Morgan fingerprint density at radius 3 is 2.82 bits per heavy atom. The number of amides is 1. The number of hydrogen-bond donors (Lipinski definition) is 3. The number of carbonyl (C=O) groups excluding carboxylic acids is 1. The summed E-state index contributed by atoms with van der Waals surface area (Å²) in [6, 6.07) is 9.87. The maximum Gasteiger partial charge on any atom is 0.246 e. The molecule has 0 bridgehead atoms. The minimum Gasteiger partial charge on any atom is -0.439 e. The molecule has 1 fully saturated rings. The number of para-hydroxylation sites is 1. The lowest BCUT2D eigenvalue weighted by molar-refractivity contribution is -0.127. The van der Waals surface area contributed by atoms with Crippen LogP contribution in [-0.2, 0) is 4.79 Å². The molecule has 9 nitrogen and oxygen atoms in total. The lowest BCUT2D eigenvalue weighted by Gasteiger charge is -2.33. The van der Waals surface area contributed by atoms with E-state index in [1.54, 1.807) is 29.2 Å². The van der Waals surface area contributed by atoms with Crippen LogP contribution in [0.1, 0.15) is 24.0 Å². The van der Waals surface area contributed by atoms with Crippen molar-refractivity contribution >= 4 is 23.3 Å². The first kappa shape index (κ1) is 22.8. The lowest BCUT2D eigenvalue weighted by Crippen LogP contribution is -2.44. The molecular formula is C24H24FN7O2. The molecular weight excluding hydrogens is 437 g/mol. The summed E-state index contributed by atoms with van der Waals surface area (Å²) in [6.45, 7) is 4.63. The Balaban J connectivity index is 1.57. The molecule has 1 amide bonds. The highest BCUT2D eigenvalue weighted by molar-refractivity contribution is 6.16. The molecule has 34 heavy (non-hydrogen) atoms. The number of nitrogens with one attached hydrogen (secondary N) is 2. The van der Waals surface area contributed by atoms with Gasteiger partial charge in [0.1, 0.15) is 29.5 Å². The third-order valence-electron chi connectivity index (χ3n) is 5.44. The highest BCUT2D eigenvalue weighted by Gasteiger charge is 2.25. The summed E-state index contributed by atoms with van der Waals surface area (Å²) in [7, 11) is 0. The molecule has 10 heteroatoms. The Hall–Kier alpha value is -4.34. The van der Waals surface area contributed by atoms with Crippen molar-refractivity contribution in [3.8, 4) is 11.6 Å². The van der Waals surface area contributed by atoms with Crippen LogP contribution in [0.15, 0.2) is 61.6 Å². The summed E-state index contributed by atoms with van der Waals surface area (Å²) in [5.41, 5.74) is 5.94. The number of nitrogens with zero attached hydrogens (tertiary/aromatic N) is 4. The Bertz CT molecular complexity index is 1220. The van der Waals surface area contributed by atoms with E-state index in [0.717, 1.165) is 18.9 Å². The van der Waals surface area contributed by atoms with Gasteiger partial charge in [-0.1, -0.05) is 24.8 Å². The second kappa shape index (κ2) is 10.1.